The number of nitrogens with zero attached hydrogens (tertiary/aromatic N) is 5. The van der Waals surface area contributed by atoms with Crippen LogP contribution in [0.25, 0.3) is 16.7 Å². The zero-order valence-corrected chi connectivity index (χ0v) is 17.1. The summed E-state index contributed by atoms with van der Waals surface area (Å²) in [4.78, 5) is 30.7. The van der Waals surface area contributed by atoms with Crippen LogP contribution in [0.4, 0.5) is 13.2 Å². The fourth-order valence-electron chi connectivity index (χ4n) is 3.87. The van der Waals surface area contributed by atoms with Gasteiger partial charge in [0.05, 0.1) is 24.0 Å². The maximum absolute atomic E-state index is 13.2. The van der Waals surface area contributed by atoms with Gasteiger partial charge in [-0.25, -0.2) is 22.8 Å². The Balaban J connectivity index is 1.48. The molecule has 0 spiro atoms. The lowest BCUT2D eigenvalue weighted by Crippen LogP contribution is -2.49. The van der Waals surface area contributed by atoms with Gasteiger partial charge in [-0.05, 0) is 37.1 Å². The average Bonchev–Trinajstić information content (AvgIpc) is 3.20. The van der Waals surface area contributed by atoms with E-state index in [2.05, 4.69) is 10.1 Å². The fourth-order valence-corrected chi connectivity index (χ4v) is 3.87. The highest BCUT2D eigenvalue weighted by molar-refractivity contribution is 5.76. The maximum atomic E-state index is 13.2. The molecule has 32 heavy (non-hydrogen) atoms. The highest BCUT2D eigenvalue weighted by Crippen LogP contribution is 2.25. The predicted octanol–water partition coefficient (Wildman–Crippen LogP) is 2.12. The lowest BCUT2D eigenvalue weighted by atomic mass is 9.91. The van der Waals surface area contributed by atoms with Crippen molar-refractivity contribution < 1.29 is 23.1 Å². The predicted molar refractivity (Wildman–Crippen MR) is 109 cm³/mol. The molecule has 3 aromatic rings. The van der Waals surface area contributed by atoms with Crippen molar-refractivity contribution in [3.8, 4) is 5.69 Å². The number of piperidine rings is 1. The van der Waals surface area contributed by atoms with Crippen LogP contribution in [0.3, 0.4) is 0 Å². The molecule has 0 radical (unpaired) electrons. The molecule has 0 atom stereocenters. The third-order valence-electron chi connectivity index (χ3n) is 5.71. The van der Waals surface area contributed by atoms with E-state index in [1.165, 1.54) is 50.9 Å². The molecule has 1 fully saturated rings. The molecule has 0 bridgehead atoms. The maximum Gasteiger partial charge on any atom is 0.264 e. The summed E-state index contributed by atoms with van der Waals surface area (Å²) in [6, 6.07) is 5.61. The number of carbonyl (C=O) groups excluding carboxylic acids is 1. The summed E-state index contributed by atoms with van der Waals surface area (Å²) in [6.07, 6.45) is -0.106. The second-order valence-corrected chi connectivity index (χ2v) is 7.98. The van der Waals surface area contributed by atoms with Crippen LogP contribution in [0.15, 0.2) is 41.6 Å². The van der Waals surface area contributed by atoms with E-state index in [1.807, 2.05) is 0 Å². The number of benzene rings is 1. The molecule has 1 aliphatic heterocycles. The minimum absolute atomic E-state index is 0.0183. The van der Waals surface area contributed by atoms with Crippen molar-refractivity contribution >= 4 is 16.9 Å². The number of fused-ring (bicyclic) bond motifs is 1. The number of rotatable bonds is 6. The molecule has 8 nitrogen and oxygen atoms in total. The molecule has 0 aliphatic carbocycles. The molecule has 1 aliphatic rings. The van der Waals surface area contributed by atoms with Gasteiger partial charge in [0.15, 0.2) is 5.65 Å². The molecule has 4 rings (SSSR count). The number of aromatic nitrogens is 4. The number of alkyl halides is 2. The van der Waals surface area contributed by atoms with Gasteiger partial charge in [-0.3, -0.25) is 14.2 Å². The Labute approximate surface area is 180 Å². The lowest BCUT2D eigenvalue weighted by Gasteiger charge is -2.38. The first-order chi connectivity index (χ1) is 15.3. The van der Waals surface area contributed by atoms with Crippen LogP contribution in [0.5, 0.6) is 0 Å². The van der Waals surface area contributed by atoms with E-state index < -0.39 is 24.3 Å². The zero-order chi connectivity index (χ0) is 22.9. The van der Waals surface area contributed by atoms with Crippen molar-refractivity contribution in [1.82, 2.24) is 24.2 Å². The van der Waals surface area contributed by atoms with Crippen molar-refractivity contribution in [3.63, 3.8) is 0 Å². The summed E-state index contributed by atoms with van der Waals surface area (Å²) in [5.41, 5.74) is -0.754. The summed E-state index contributed by atoms with van der Waals surface area (Å²) in [6.45, 7) is 0.437. The van der Waals surface area contributed by atoms with E-state index >= 15 is 0 Å². The van der Waals surface area contributed by atoms with E-state index in [9.17, 15) is 27.9 Å². The molecule has 0 unspecified atom stereocenters. The number of hydrogen-bond donors (Lipinski definition) is 1. The van der Waals surface area contributed by atoms with Crippen molar-refractivity contribution in [2.24, 2.45) is 0 Å². The Morgan fingerprint density at radius 2 is 1.88 bits per heavy atom. The molecule has 170 valence electrons. The molecule has 1 amide bonds. The van der Waals surface area contributed by atoms with Gasteiger partial charge < -0.3 is 10.0 Å². The second-order valence-electron chi connectivity index (χ2n) is 7.98. The first-order valence-corrected chi connectivity index (χ1v) is 10.2. The fraction of sp³-hybridized carbons (Fsp3) is 0.429. The summed E-state index contributed by atoms with van der Waals surface area (Å²) in [5.74, 6) is -0.753. The molecule has 1 N–H and O–H groups in total. The van der Waals surface area contributed by atoms with E-state index in [4.69, 9.17) is 0 Å². The third kappa shape index (κ3) is 4.52. The number of aliphatic hydroxyl groups is 1. The van der Waals surface area contributed by atoms with Crippen LogP contribution in [0.1, 0.15) is 25.7 Å². The van der Waals surface area contributed by atoms with Gasteiger partial charge in [0.2, 0.25) is 12.3 Å². The quantitative estimate of drug-likeness (QED) is 0.622. The standard InChI is InChI=1S/C21H22F3N5O3/c22-14-1-3-15(4-2-14)29-19-16(11-26-29)20(31)28(13-25-19)12-21(32)7-9-27(10-8-21)18(30)6-5-17(23)24/h1-4,11,13,17,32H,5-10,12H2. The van der Waals surface area contributed by atoms with Gasteiger partial charge in [0, 0.05) is 25.9 Å². The van der Waals surface area contributed by atoms with Crippen molar-refractivity contribution in [2.45, 2.75) is 44.3 Å². The smallest absolute Gasteiger partial charge is 0.264 e. The van der Waals surface area contributed by atoms with Crippen LogP contribution in [0.2, 0.25) is 0 Å². The van der Waals surface area contributed by atoms with Crippen LogP contribution < -0.4 is 5.56 Å². The Bertz CT molecular complexity index is 1170. The van der Waals surface area contributed by atoms with Gasteiger partial charge in [0.1, 0.15) is 17.5 Å². The Morgan fingerprint density at radius 1 is 1.19 bits per heavy atom. The first kappa shape index (κ1) is 22.0. The van der Waals surface area contributed by atoms with Gasteiger partial charge in [0.25, 0.3) is 5.56 Å². The van der Waals surface area contributed by atoms with E-state index in [0.717, 1.165) is 0 Å². The first-order valence-electron chi connectivity index (χ1n) is 10.2. The summed E-state index contributed by atoms with van der Waals surface area (Å²) >= 11 is 0. The number of carbonyl (C=O) groups is 1. The van der Waals surface area contributed by atoms with Crippen LogP contribution in [-0.4, -0.2) is 60.4 Å². The van der Waals surface area contributed by atoms with Crippen molar-refractivity contribution in [1.29, 1.82) is 0 Å². The largest absolute Gasteiger partial charge is 0.388 e. The summed E-state index contributed by atoms with van der Waals surface area (Å²) < 4.78 is 40.6. The Morgan fingerprint density at radius 3 is 2.53 bits per heavy atom. The molecule has 1 saturated heterocycles. The Hall–Kier alpha value is -3.21. The van der Waals surface area contributed by atoms with Crippen LogP contribution in [-0.2, 0) is 11.3 Å². The number of likely N-dealkylation sites (tertiary alicyclic amines) is 1. The SMILES string of the molecule is O=C(CCC(F)F)N1CCC(O)(Cn2cnc3c(cnn3-c3ccc(F)cc3)c2=O)CC1. The molecular formula is C21H22F3N5O3. The normalized spacial score (nSPS) is 16.1. The summed E-state index contributed by atoms with van der Waals surface area (Å²) in [7, 11) is 0. The number of halogens is 3. The van der Waals surface area contributed by atoms with Crippen LogP contribution in [0, 0.1) is 5.82 Å². The molecule has 11 heteroatoms. The van der Waals surface area contributed by atoms with Crippen LogP contribution >= 0.6 is 0 Å². The number of hydrogen-bond acceptors (Lipinski definition) is 5. The van der Waals surface area contributed by atoms with Gasteiger partial charge >= 0.3 is 0 Å². The third-order valence-corrected chi connectivity index (χ3v) is 5.71. The van der Waals surface area contributed by atoms with Crippen molar-refractivity contribution in [3.05, 3.63) is 53.0 Å². The molecule has 0 saturated carbocycles. The van der Waals surface area contributed by atoms with Gasteiger partial charge in [-0.1, -0.05) is 0 Å². The lowest BCUT2D eigenvalue weighted by molar-refractivity contribution is -0.136. The van der Waals surface area contributed by atoms with Gasteiger partial charge in [-0.15, -0.1) is 0 Å². The molecule has 3 heterocycles. The molecule has 2 aromatic heterocycles. The second kappa shape index (κ2) is 8.73. The van der Waals surface area contributed by atoms with E-state index in [0.29, 0.717) is 11.3 Å². The van der Waals surface area contributed by atoms with Gasteiger partial charge in [-0.2, -0.15) is 5.10 Å². The monoisotopic (exact) mass is 449 g/mol. The van der Waals surface area contributed by atoms with E-state index in [-0.39, 0.29) is 55.7 Å². The number of amides is 1. The minimum Gasteiger partial charge on any atom is -0.388 e. The molecule has 1 aromatic carbocycles. The topological polar surface area (TPSA) is 93.2 Å². The van der Waals surface area contributed by atoms with E-state index in [1.54, 1.807) is 0 Å². The highest BCUT2D eigenvalue weighted by Gasteiger charge is 2.34. The van der Waals surface area contributed by atoms with Crippen molar-refractivity contribution in [2.75, 3.05) is 13.1 Å². The Kier molecular flexibility index (Phi) is 6.00. The average molecular weight is 449 g/mol. The zero-order valence-electron chi connectivity index (χ0n) is 17.1. The summed E-state index contributed by atoms with van der Waals surface area (Å²) in [5, 5.41) is 15.4. The highest BCUT2D eigenvalue weighted by atomic mass is 19.3. The minimum atomic E-state index is -2.53. The molecular weight excluding hydrogens is 427 g/mol.